The first-order valence-corrected chi connectivity index (χ1v) is 5.63. The lowest BCUT2D eigenvalue weighted by atomic mass is 10.1. The molecule has 0 spiro atoms. The van der Waals surface area contributed by atoms with Crippen LogP contribution in [0.3, 0.4) is 0 Å². The summed E-state index contributed by atoms with van der Waals surface area (Å²) in [6.45, 7) is 5.29. The highest BCUT2D eigenvalue weighted by atomic mass is 19.1. The Morgan fingerprint density at radius 3 is 2.78 bits per heavy atom. The Morgan fingerprint density at radius 2 is 2.28 bits per heavy atom. The molecule has 0 saturated carbocycles. The molecule has 0 aliphatic rings. The van der Waals surface area contributed by atoms with E-state index in [9.17, 15) is 9.18 Å². The molecule has 0 aromatic carbocycles. The monoisotopic (exact) mass is 255 g/mol. The van der Waals surface area contributed by atoms with E-state index in [0.29, 0.717) is 0 Å². The van der Waals surface area contributed by atoms with E-state index < -0.39 is 23.7 Å². The molecule has 1 atom stereocenters. The van der Waals surface area contributed by atoms with Crippen molar-refractivity contribution in [3.8, 4) is 0 Å². The second-order valence-electron chi connectivity index (χ2n) is 4.82. The smallest absolute Gasteiger partial charge is 0.408 e. The molecule has 1 unspecified atom stereocenters. The average molecular weight is 255 g/mol. The zero-order chi connectivity index (χ0) is 13.8. The van der Waals surface area contributed by atoms with Gasteiger partial charge in [-0.25, -0.2) is 9.78 Å². The number of aromatic nitrogens is 1. The summed E-state index contributed by atoms with van der Waals surface area (Å²) in [5, 5.41) is 2.51. The van der Waals surface area contributed by atoms with Crippen molar-refractivity contribution in [1.29, 1.82) is 0 Å². The number of alkyl carbamates (subject to hydrolysis) is 1. The van der Waals surface area contributed by atoms with Crippen molar-refractivity contribution in [2.45, 2.75) is 32.4 Å². The maximum atomic E-state index is 13.5. The maximum Gasteiger partial charge on any atom is 0.408 e. The summed E-state index contributed by atoms with van der Waals surface area (Å²) in [5.74, 6) is -0.649. The van der Waals surface area contributed by atoms with Gasteiger partial charge in [-0.15, -0.1) is 0 Å². The standard InChI is InChI=1S/C12H18FN3O2/c1-12(2,3)18-11(17)16-9(7-14)8-5-4-6-15-10(8)13/h4-6,9H,7,14H2,1-3H3,(H,16,17). The van der Waals surface area contributed by atoms with Crippen LogP contribution in [-0.4, -0.2) is 23.2 Å². The van der Waals surface area contributed by atoms with Gasteiger partial charge in [0.05, 0.1) is 6.04 Å². The number of amides is 1. The first-order chi connectivity index (χ1) is 8.33. The van der Waals surface area contributed by atoms with Crippen LogP contribution in [0.1, 0.15) is 32.4 Å². The highest BCUT2D eigenvalue weighted by Crippen LogP contribution is 2.15. The summed E-state index contributed by atoms with van der Waals surface area (Å²) in [5.41, 5.74) is 5.15. The van der Waals surface area contributed by atoms with Crippen molar-refractivity contribution in [2.24, 2.45) is 5.73 Å². The van der Waals surface area contributed by atoms with Gasteiger partial charge in [-0.3, -0.25) is 0 Å². The van der Waals surface area contributed by atoms with Crippen LogP contribution < -0.4 is 11.1 Å². The highest BCUT2D eigenvalue weighted by molar-refractivity contribution is 5.68. The van der Waals surface area contributed by atoms with Crippen LogP contribution in [0, 0.1) is 5.95 Å². The van der Waals surface area contributed by atoms with Gasteiger partial charge in [0.25, 0.3) is 0 Å². The van der Waals surface area contributed by atoms with Gasteiger partial charge in [0.1, 0.15) is 5.60 Å². The number of rotatable bonds is 3. The van der Waals surface area contributed by atoms with Crippen LogP contribution in [0.5, 0.6) is 0 Å². The van der Waals surface area contributed by atoms with Crippen molar-refractivity contribution in [3.05, 3.63) is 29.8 Å². The Balaban J connectivity index is 2.74. The quantitative estimate of drug-likeness (QED) is 0.806. The van der Waals surface area contributed by atoms with Crippen LogP contribution in [-0.2, 0) is 4.74 Å². The zero-order valence-corrected chi connectivity index (χ0v) is 10.7. The van der Waals surface area contributed by atoms with Gasteiger partial charge in [-0.05, 0) is 26.8 Å². The number of pyridine rings is 1. The van der Waals surface area contributed by atoms with Crippen LogP contribution in [0.25, 0.3) is 0 Å². The summed E-state index contributed by atoms with van der Waals surface area (Å²) in [4.78, 5) is 15.1. The van der Waals surface area contributed by atoms with Gasteiger partial charge in [0.2, 0.25) is 5.95 Å². The van der Waals surface area contributed by atoms with Gasteiger partial charge in [0.15, 0.2) is 0 Å². The summed E-state index contributed by atoms with van der Waals surface area (Å²) >= 11 is 0. The van der Waals surface area contributed by atoms with E-state index in [2.05, 4.69) is 10.3 Å². The third-order valence-electron chi connectivity index (χ3n) is 2.09. The first kappa shape index (κ1) is 14.4. The molecular formula is C12H18FN3O2. The molecule has 5 nitrogen and oxygen atoms in total. The predicted octanol–water partition coefficient (Wildman–Crippen LogP) is 1.75. The SMILES string of the molecule is CC(C)(C)OC(=O)NC(CN)c1cccnc1F. The van der Waals surface area contributed by atoms with E-state index in [1.165, 1.54) is 12.3 Å². The molecule has 18 heavy (non-hydrogen) atoms. The summed E-state index contributed by atoms with van der Waals surface area (Å²) in [6.07, 6.45) is 0.695. The number of ether oxygens (including phenoxy) is 1. The molecule has 100 valence electrons. The van der Waals surface area contributed by atoms with Gasteiger partial charge >= 0.3 is 6.09 Å². The predicted molar refractivity (Wildman–Crippen MR) is 65.4 cm³/mol. The highest BCUT2D eigenvalue weighted by Gasteiger charge is 2.21. The van der Waals surface area contributed by atoms with Crippen LogP contribution >= 0.6 is 0 Å². The number of halogens is 1. The molecule has 0 saturated heterocycles. The fraction of sp³-hybridized carbons (Fsp3) is 0.500. The molecular weight excluding hydrogens is 237 g/mol. The van der Waals surface area contributed by atoms with E-state index in [1.807, 2.05) is 0 Å². The number of nitrogens with zero attached hydrogens (tertiary/aromatic N) is 1. The fourth-order valence-electron chi connectivity index (χ4n) is 1.37. The molecule has 0 aliphatic heterocycles. The summed E-state index contributed by atoms with van der Waals surface area (Å²) in [7, 11) is 0. The van der Waals surface area contributed by atoms with E-state index in [0.717, 1.165) is 0 Å². The van der Waals surface area contributed by atoms with Crippen molar-refractivity contribution >= 4 is 6.09 Å². The number of carbonyl (C=O) groups excluding carboxylic acids is 1. The van der Waals surface area contributed by atoms with E-state index in [1.54, 1.807) is 26.8 Å². The Bertz CT molecular complexity index is 418. The Hall–Kier alpha value is -1.69. The number of hydrogen-bond acceptors (Lipinski definition) is 4. The molecule has 0 radical (unpaired) electrons. The van der Waals surface area contributed by atoms with Crippen molar-refractivity contribution in [1.82, 2.24) is 10.3 Å². The van der Waals surface area contributed by atoms with Crippen LogP contribution in [0.2, 0.25) is 0 Å². The van der Waals surface area contributed by atoms with E-state index >= 15 is 0 Å². The maximum absolute atomic E-state index is 13.5. The normalized spacial score (nSPS) is 12.9. The number of carbonyl (C=O) groups is 1. The third kappa shape index (κ3) is 4.29. The van der Waals surface area contributed by atoms with Crippen molar-refractivity contribution < 1.29 is 13.9 Å². The largest absolute Gasteiger partial charge is 0.444 e. The minimum Gasteiger partial charge on any atom is -0.444 e. The van der Waals surface area contributed by atoms with E-state index in [4.69, 9.17) is 10.5 Å². The summed E-state index contributed by atoms with van der Waals surface area (Å²) in [6, 6.07) is 2.45. The molecule has 0 fully saturated rings. The lowest BCUT2D eigenvalue weighted by Crippen LogP contribution is -2.38. The molecule has 0 bridgehead atoms. The molecule has 6 heteroatoms. The number of nitrogens with one attached hydrogen (secondary N) is 1. The molecule has 1 aromatic heterocycles. The van der Waals surface area contributed by atoms with E-state index in [-0.39, 0.29) is 12.1 Å². The molecule has 1 amide bonds. The third-order valence-corrected chi connectivity index (χ3v) is 2.09. The van der Waals surface area contributed by atoms with Crippen LogP contribution in [0.4, 0.5) is 9.18 Å². The second-order valence-corrected chi connectivity index (χ2v) is 4.82. The minimum atomic E-state index is -0.659. The lowest BCUT2D eigenvalue weighted by Gasteiger charge is -2.23. The van der Waals surface area contributed by atoms with Gasteiger partial charge in [0, 0.05) is 18.3 Å². The number of hydrogen-bond donors (Lipinski definition) is 2. The Kier molecular flexibility index (Phi) is 4.61. The minimum absolute atomic E-state index is 0.0574. The Labute approximate surface area is 106 Å². The fourth-order valence-corrected chi connectivity index (χ4v) is 1.37. The molecule has 1 heterocycles. The topological polar surface area (TPSA) is 77.2 Å². The number of nitrogens with two attached hydrogens (primary N) is 1. The molecule has 3 N–H and O–H groups in total. The summed E-state index contributed by atoms with van der Waals surface area (Å²) < 4.78 is 18.5. The molecule has 0 aliphatic carbocycles. The zero-order valence-electron chi connectivity index (χ0n) is 10.7. The molecule has 1 rings (SSSR count). The van der Waals surface area contributed by atoms with Gasteiger partial charge < -0.3 is 15.8 Å². The van der Waals surface area contributed by atoms with Gasteiger partial charge in [-0.1, -0.05) is 6.07 Å². The lowest BCUT2D eigenvalue weighted by molar-refractivity contribution is 0.0504. The Morgan fingerprint density at radius 1 is 1.61 bits per heavy atom. The average Bonchev–Trinajstić information content (AvgIpc) is 2.24. The second kappa shape index (κ2) is 5.77. The van der Waals surface area contributed by atoms with Crippen molar-refractivity contribution in [2.75, 3.05) is 6.54 Å². The first-order valence-electron chi connectivity index (χ1n) is 5.63. The van der Waals surface area contributed by atoms with Crippen LogP contribution in [0.15, 0.2) is 18.3 Å². The van der Waals surface area contributed by atoms with Gasteiger partial charge in [-0.2, -0.15) is 4.39 Å². The molecule has 1 aromatic rings. The van der Waals surface area contributed by atoms with Crippen molar-refractivity contribution in [3.63, 3.8) is 0 Å².